The highest BCUT2D eigenvalue weighted by atomic mass is 33.1. The van der Waals surface area contributed by atoms with Crippen LogP contribution >= 0.6 is 21.6 Å². The molecule has 0 saturated heterocycles. The van der Waals surface area contributed by atoms with Gasteiger partial charge < -0.3 is 9.59 Å². The second kappa shape index (κ2) is 5.48. The van der Waals surface area contributed by atoms with Gasteiger partial charge in [-0.3, -0.25) is 0 Å². The minimum Gasteiger partial charge on any atom is -0.411 e. The van der Waals surface area contributed by atoms with Crippen molar-refractivity contribution in [1.29, 1.82) is 0 Å². The Hall–Kier alpha value is 0.837. The molecule has 5 heteroatoms. The Morgan fingerprint density at radius 2 is 2.00 bits per heavy atom. The van der Waals surface area contributed by atoms with Crippen molar-refractivity contribution in [3.63, 3.8) is 0 Å². The summed E-state index contributed by atoms with van der Waals surface area (Å²) in [4.78, 5) is 18.0. The topological polar surface area (TPSA) is 40.5 Å². The highest BCUT2D eigenvalue weighted by Crippen LogP contribution is 2.19. The molecule has 0 saturated carbocycles. The third-order valence-corrected chi connectivity index (χ3v) is 4.19. The van der Waals surface area contributed by atoms with Gasteiger partial charge in [0, 0.05) is 5.75 Å². The van der Waals surface area contributed by atoms with Gasteiger partial charge in [0.25, 0.3) is 0 Å². The van der Waals surface area contributed by atoms with E-state index in [1.54, 1.807) is 28.1 Å². The fourth-order valence-corrected chi connectivity index (χ4v) is 2.93. The molecule has 0 atom stereocenters. The maximum absolute atomic E-state index is 9.00. The van der Waals surface area contributed by atoms with Gasteiger partial charge in [0.05, 0.1) is 0 Å². The molecule has 0 unspecified atom stereocenters. The molecule has 0 amide bonds. The normalized spacial score (nSPS) is 12.0. The fourth-order valence-electron chi connectivity index (χ4n) is 0.549. The lowest BCUT2D eigenvalue weighted by atomic mass is 10.6. The summed E-state index contributed by atoms with van der Waals surface area (Å²) < 4.78 is 0. The molecule has 0 aromatic heterocycles. The summed E-state index contributed by atoms with van der Waals surface area (Å²) in [6.45, 7) is 1.55. The van der Waals surface area contributed by atoms with E-state index in [4.69, 9.17) is 9.59 Å². The van der Waals surface area contributed by atoms with E-state index in [1.807, 2.05) is 6.26 Å². The van der Waals surface area contributed by atoms with Gasteiger partial charge >= 0.3 is 8.56 Å². The Bertz CT molecular complexity index is 84.2. The Morgan fingerprint density at radius 1 is 1.40 bits per heavy atom. The predicted octanol–water partition coefficient (Wildman–Crippen LogP) is 1.44. The highest BCUT2D eigenvalue weighted by Gasteiger charge is 2.19. The van der Waals surface area contributed by atoms with Crippen LogP contribution in [0.2, 0.25) is 12.6 Å². The van der Waals surface area contributed by atoms with Gasteiger partial charge in [0.15, 0.2) is 0 Å². The molecule has 0 rings (SSSR count). The van der Waals surface area contributed by atoms with Crippen LogP contribution in [0.1, 0.15) is 6.42 Å². The maximum atomic E-state index is 9.00. The van der Waals surface area contributed by atoms with Gasteiger partial charge in [0.2, 0.25) is 0 Å². The Kier molecular flexibility index (Phi) is 5.94. The zero-order valence-electron chi connectivity index (χ0n) is 6.33. The second-order valence-electron chi connectivity index (χ2n) is 2.31. The zero-order chi connectivity index (χ0) is 8.04. The molecule has 0 aliphatic heterocycles. The SMILES string of the molecule is CSSCCC[Si](C)(O)O. The first kappa shape index (κ1) is 10.8. The molecule has 2 N–H and O–H groups in total. The molecule has 0 heterocycles. The quantitative estimate of drug-likeness (QED) is 0.398. The molecule has 0 bridgehead atoms. The van der Waals surface area contributed by atoms with E-state index in [-0.39, 0.29) is 0 Å². The molecule has 0 aliphatic rings. The van der Waals surface area contributed by atoms with Crippen molar-refractivity contribution in [2.24, 2.45) is 0 Å². The van der Waals surface area contributed by atoms with Crippen molar-refractivity contribution >= 4 is 30.1 Å². The summed E-state index contributed by atoms with van der Waals surface area (Å²) in [5.74, 6) is 1.02. The lowest BCUT2D eigenvalue weighted by Gasteiger charge is -2.09. The van der Waals surface area contributed by atoms with Gasteiger partial charge in [-0.2, -0.15) is 0 Å². The number of rotatable bonds is 5. The Balaban J connectivity index is 3.04. The van der Waals surface area contributed by atoms with E-state index in [2.05, 4.69) is 0 Å². The van der Waals surface area contributed by atoms with Gasteiger partial charge in [-0.1, -0.05) is 21.6 Å². The average molecular weight is 198 g/mol. The first-order chi connectivity index (χ1) is 4.56. The molecule has 0 aromatic rings. The van der Waals surface area contributed by atoms with E-state index >= 15 is 0 Å². The van der Waals surface area contributed by atoms with Gasteiger partial charge in [0.1, 0.15) is 0 Å². The fraction of sp³-hybridized carbons (Fsp3) is 1.00. The molecule has 0 spiro atoms. The van der Waals surface area contributed by atoms with Crippen LogP contribution in [0.4, 0.5) is 0 Å². The summed E-state index contributed by atoms with van der Waals surface area (Å²) in [5, 5.41) is 0. The second-order valence-corrected chi connectivity index (χ2v) is 7.93. The Morgan fingerprint density at radius 3 is 2.40 bits per heavy atom. The predicted molar refractivity (Wildman–Crippen MR) is 51.5 cm³/mol. The lowest BCUT2D eigenvalue weighted by Crippen LogP contribution is -2.29. The first-order valence-corrected chi connectivity index (χ1v) is 8.49. The van der Waals surface area contributed by atoms with Crippen LogP contribution < -0.4 is 0 Å². The number of hydrogen-bond donors (Lipinski definition) is 2. The van der Waals surface area contributed by atoms with Crippen molar-refractivity contribution < 1.29 is 9.59 Å². The molecule has 0 radical (unpaired) electrons. The minimum atomic E-state index is -2.73. The number of hydrogen-bond acceptors (Lipinski definition) is 4. The van der Waals surface area contributed by atoms with E-state index in [0.717, 1.165) is 12.2 Å². The monoisotopic (exact) mass is 198 g/mol. The van der Waals surface area contributed by atoms with E-state index in [0.29, 0.717) is 6.04 Å². The van der Waals surface area contributed by atoms with Crippen molar-refractivity contribution in [2.45, 2.75) is 19.0 Å². The lowest BCUT2D eigenvalue weighted by molar-refractivity contribution is 0.369. The summed E-state index contributed by atoms with van der Waals surface area (Å²) in [6, 6.07) is 0.598. The molecule has 62 valence electrons. The summed E-state index contributed by atoms with van der Waals surface area (Å²) in [7, 11) is 0.757. The molecule has 0 aromatic carbocycles. The van der Waals surface area contributed by atoms with Gasteiger partial charge in [-0.05, 0) is 25.3 Å². The molecular formula is C5H14O2S2Si. The zero-order valence-corrected chi connectivity index (χ0v) is 8.97. The van der Waals surface area contributed by atoms with Crippen LogP contribution in [0.15, 0.2) is 0 Å². The molecule has 0 aliphatic carbocycles. The van der Waals surface area contributed by atoms with E-state index < -0.39 is 8.56 Å². The van der Waals surface area contributed by atoms with Crippen LogP contribution in [0.25, 0.3) is 0 Å². The van der Waals surface area contributed by atoms with Gasteiger partial charge in [-0.25, -0.2) is 0 Å². The standard InChI is InChI=1S/C5H14O2S2Si/c1-8-9-4-3-5-10(2,6)7/h6-7H,3-5H2,1-2H3. The highest BCUT2D eigenvalue weighted by molar-refractivity contribution is 8.76. The van der Waals surface area contributed by atoms with Crippen LogP contribution in [0.3, 0.4) is 0 Å². The van der Waals surface area contributed by atoms with Crippen LogP contribution in [-0.4, -0.2) is 30.2 Å². The van der Waals surface area contributed by atoms with Crippen molar-refractivity contribution in [1.82, 2.24) is 0 Å². The van der Waals surface area contributed by atoms with Crippen molar-refractivity contribution in [2.75, 3.05) is 12.0 Å². The summed E-state index contributed by atoms with van der Waals surface area (Å²) in [5.41, 5.74) is 0. The summed E-state index contributed by atoms with van der Waals surface area (Å²) in [6.07, 6.45) is 2.94. The van der Waals surface area contributed by atoms with Crippen LogP contribution in [0, 0.1) is 0 Å². The van der Waals surface area contributed by atoms with Crippen molar-refractivity contribution in [3.8, 4) is 0 Å². The van der Waals surface area contributed by atoms with E-state index in [9.17, 15) is 0 Å². The molecule has 10 heavy (non-hydrogen) atoms. The van der Waals surface area contributed by atoms with Gasteiger partial charge in [-0.15, -0.1) is 0 Å². The smallest absolute Gasteiger partial charge is 0.329 e. The average Bonchev–Trinajstić information content (AvgIpc) is 1.78. The summed E-state index contributed by atoms with van der Waals surface area (Å²) >= 11 is 0. The van der Waals surface area contributed by atoms with Crippen LogP contribution in [-0.2, 0) is 0 Å². The third-order valence-electron chi connectivity index (χ3n) is 0.996. The molecular weight excluding hydrogens is 184 g/mol. The molecule has 0 fully saturated rings. The Labute approximate surface area is 71.1 Å². The van der Waals surface area contributed by atoms with Crippen LogP contribution in [0.5, 0.6) is 0 Å². The maximum Gasteiger partial charge on any atom is 0.329 e. The minimum absolute atomic E-state index is 0.598. The largest absolute Gasteiger partial charge is 0.411 e. The molecule has 2 nitrogen and oxygen atoms in total. The van der Waals surface area contributed by atoms with E-state index in [1.165, 1.54) is 0 Å². The first-order valence-electron chi connectivity index (χ1n) is 3.16. The third kappa shape index (κ3) is 8.84. The van der Waals surface area contributed by atoms with Crippen molar-refractivity contribution in [3.05, 3.63) is 0 Å².